The van der Waals surface area contributed by atoms with Gasteiger partial charge >= 0.3 is 0 Å². The lowest BCUT2D eigenvalue weighted by Gasteiger charge is -2.17. The first-order chi connectivity index (χ1) is 13.8. The minimum atomic E-state index is 0.227. The number of ether oxygens (including phenoxy) is 1. The minimum Gasteiger partial charge on any atom is -0.496 e. The Kier molecular flexibility index (Phi) is 5.31. The zero-order valence-corrected chi connectivity index (χ0v) is 16.1. The monoisotopic (exact) mass is 369 g/mol. The number of benzene rings is 3. The topological polar surface area (TPSA) is 47.0 Å². The van der Waals surface area contributed by atoms with E-state index in [-0.39, 0.29) is 6.04 Å². The summed E-state index contributed by atoms with van der Waals surface area (Å²) in [4.78, 5) is 8.73. The summed E-state index contributed by atoms with van der Waals surface area (Å²) in [6.45, 7) is 2.95. The van der Waals surface area contributed by atoms with Gasteiger partial charge in [0.15, 0.2) is 5.82 Å². The molecule has 4 nitrogen and oxygen atoms in total. The smallest absolute Gasteiger partial charge is 0.162 e. The van der Waals surface area contributed by atoms with E-state index in [1.165, 1.54) is 16.3 Å². The van der Waals surface area contributed by atoms with Gasteiger partial charge in [-0.2, -0.15) is 0 Å². The Hall–Kier alpha value is -3.24. The van der Waals surface area contributed by atoms with Crippen LogP contribution in [0, 0.1) is 0 Å². The van der Waals surface area contributed by atoms with Crippen molar-refractivity contribution in [3.8, 4) is 17.1 Å². The molecule has 1 heterocycles. The number of aromatic nitrogens is 2. The summed E-state index contributed by atoms with van der Waals surface area (Å²) in [5, 5.41) is 6.20. The maximum atomic E-state index is 5.50. The van der Waals surface area contributed by atoms with Crippen molar-refractivity contribution in [1.29, 1.82) is 0 Å². The molecule has 0 saturated heterocycles. The molecule has 0 bridgehead atoms. The van der Waals surface area contributed by atoms with Gasteiger partial charge in [-0.05, 0) is 47.0 Å². The fourth-order valence-corrected chi connectivity index (χ4v) is 3.49. The van der Waals surface area contributed by atoms with Crippen LogP contribution in [-0.2, 0) is 6.54 Å². The molecule has 4 aromatic rings. The Morgan fingerprint density at radius 1 is 0.929 bits per heavy atom. The van der Waals surface area contributed by atoms with Gasteiger partial charge in [-0.1, -0.05) is 48.5 Å². The molecule has 0 saturated carbocycles. The Labute approximate surface area is 165 Å². The Balaban J connectivity index is 1.56. The molecule has 0 fully saturated rings. The van der Waals surface area contributed by atoms with Gasteiger partial charge in [0.25, 0.3) is 0 Å². The van der Waals surface area contributed by atoms with Gasteiger partial charge in [0.05, 0.1) is 12.7 Å². The average Bonchev–Trinajstić information content (AvgIpc) is 2.77. The average molecular weight is 369 g/mol. The van der Waals surface area contributed by atoms with Crippen molar-refractivity contribution in [2.24, 2.45) is 0 Å². The second kappa shape index (κ2) is 8.19. The van der Waals surface area contributed by atoms with Crippen LogP contribution in [0.2, 0.25) is 0 Å². The van der Waals surface area contributed by atoms with Crippen molar-refractivity contribution in [2.45, 2.75) is 19.5 Å². The molecule has 0 amide bonds. The predicted molar refractivity (Wildman–Crippen MR) is 113 cm³/mol. The molecular formula is C24H23N3O. The highest BCUT2D eigenvalue weighted by Gasteiger charge is 2.12. The molecule has 1 aromatic heterocycles. The quantitative estimate of drug-likeness (QED) is 0.510. The largest absolute Gasteiger partial charge is 0.496 e. The third-order valence-corrected chi connectivity index (χ3v) is 4.97. The zero-order chi connectivity index (χ0) is 19.3. The van der Waals surface area contributed by atoms with Gasteiger partial charge in [0.1, 0.15) is 5.75 Å². The SMILES string of the molecule is COc1ccc(CN[C@H](C)c2cccc3ccccc23)cc1-c1ncccn1. The number of nitrogens with one attached hydrogen (secondary N) is 1. The molecule has 4 heteroatoms. The summed E-state index contributed by atoms with van der Waals surface area (Å²) in [5.41, 5.74) is 3.37. The number of hydrogen-bond acceptors (Lipinski definition) is 4. The van der Waals surface area contributed by atoms with Crippen molar-refractivity contribution < 1.29 is 4.74 Å². The van der Waals surface area contributed by atoms with Crippen LogP contribution in [-0.4, -0.2) is 17.1 Å². The summed E-state index contributed by atoms with van der Waals surface area (Å²) in [6, 6.07) is 23.2. The summed E-state index contributed by atoms with van der Waals surface area (Å²) >= 11 is 0. The highest BCUT2D eigenvalue weighted by molar-refractivity contribution is 5.86. The van der Waals surface area contributed by atoms with E-state index in [9.17, 15) is 0 Å². The second-order valence-corrected chi connectivity index (χ2v) is 6.78. The molecule has 1 atom stereocenters. The second-order valence-electron chi connectivity index (χ2n) is 6.78. The first kappa shape index (κ1) is 18.1. The predicted octanol–water partition coefficient (Wildman–Crippen LogP) is 5.16. The van der Waals surface area contributed by atoms with E-state index in [1.54, 1.807) is 19.5 Å². The van der Waals surface area contributed by atoms with Crippen LogP contribution in [0.3, 0.4) is 0 Å². The van der Waals surface area contributed by atoms with Crippen LogP contribution in [0.5, 0.6) is 5.75 Å². The van der Waals surface area contributed by atoms with Crippen LogP contribution in [0.25, 0.3) is 22.2 Å². The fourth-order valence-electron chi connectivity index (χ4n) is 3.49. The van der Waals surface area contributed by atoms with E-state index in [4.69, 9.17) is 4.74 Å². The van der Waals surface area contributed by atoms with Crippen LogP contribution in [0.15, 0.2) is 79.1 Å². The highest BCUT2D eigenvalue weighted by Crippen LogP contribution is 2.29. The normalized spacial score (nSPS) is 12.1. The molecule has 0 aliphatic heterocycles. The molecule has 28 heavy (non-hydrogen) atoms. The van der Waals surface area contributed by atoms with Crippen molar-refractivity contribution in [2.75, 3.05) is 7.11 Å². The number of methoxy groups -OCH3 is 1. The first-order valence-electron chi connectivity index (χ1n) is 9.41. The van der Waals surface area contributed by atoms with Crippen molar-refractivity contribution in [3.63, 3.8) is 0 Å². The van der Waals surface area contributed by atoms with Crippen molar-refractivity contribution >= 4 is 10.8 Å². The lowest BCUT2D eigenvalue weighted by molar-refractivity contribution is 0.416. The summed E-state index contributed by atoms with van der Waals surface area (Å²) in [5.74, 6) is 1.44. The van der Waals surface area contributed by atoms with E-state index in [0.717, 1.165) is 23.4 Å². The van der Waals surface area contributed by atoms with E-state index in [0.29, 0.717) is 5.82 Å². The summed E-state index contributed by atoms with van der Waals surface area (Å²) < 4.78 is 5.50. The fraction of sp³-hybridized carbons (Fsp3) is 0.167. The maximum Gasteiger partial charge on any atom is 0.162 e. The Morgan fingerprint density at radius 3 is 2.54 bits per heavy atom. The summed E-state index contributed by atoms with van der Waals surface area (Å²) in [7, 11) is 1.67. The molecular weight excluding hydrogens is 346 g/mol. The van der Waals surface area contributed by atoms with Gasteiger partial charge in [-0.25, -0.2) is 9.97 Å². The number of fused-ring (bicyclic) bond motifs is 1. The van der Waals surface area contributed by atoms with Gasteiger partial charge in [0.2, 0.25) is 0 Å². The molecule has 1 N–H and O–H groups in total. The van der Waals surface area contributed by atoms with Gasteiger partial charge in [-0.3, -0.25) is 0 Å². The van der Waals surface area contributed by atoms with E-state index >= 15 is 0 Å². The molecule has 0 radical (unpaired) electrons. The number of nitrogens with zero attached hydrogens (tertiary/aromatic N) is 2. The first-order valence-corrected chi connectivity index (χ1v) is 9.41. The molecule has 0 spiro atoms. The Bertz CT molecular complexity index is 1070. The van der Waals surface area contributed by atoms with Gasteiger partial charge < -0.3 is 10.1 Å². The third kappa shape index (κ3) is 3.73. The Morgan fingerprint density at radius 2 is 1.71 bits per heavy atom. The van der Waals surface area contributed by atoms with Crippen LogP contribution in [0.4, 0.5) is 0 Å². The lowest BCUT2D eigenvalue weighted by Crippen LogP contribution is -2.18. The highest BCUT2D eigenvalue weighted by atomic mass is 16.5. The van der Waals surface area contributed by atoms with Gasteiger partial charge in [0, 0.05) is 25.0 Å². The van der Waals surface area contributed by atoms with Gasteiger partial charge in [-0.15, -0.1) is 0 Å². The molecule has 0 unspecified atom stereocenters. The van der Waals surface area contributed by atoms with Crippen LogP contribution in [0.1, 0.15) is 24.1 Å². The lowest BCUT2D eigenvalue weighted by atomic mass is 9.99. The van der Waals surface area contributed by atoms with Crippen molar-refractivity contribution in [1.82, 2.24) is 15.3 Å². The van der Waals surface area contributed by atoms with Crippen LogP contribution < -0.4 is 10.1 Å². The molecule has 140 valence electrons. The third-order valence-electron chi connectivity index (χ3n) is 4.97. The number of rotatable bonds is 6. The van der Waals surface area contributed by atoms with E-state index in [2.05, 4.69) is 76.8 Å². The van der Waals surface area contributed by atoms with E-state index < -0.39 is 0 Å². The molecule has 4 rings (SSSR count). The zero-order valence-electron chi connectivity index (χ0n) is 16.1. The van der Waals surface area contributed by atoms with Crippen molar-refractivity contribution in [3.05, 3.63) is 90.3 Å². The molecule has 0 aliphatic carbocycles. The molecule has 3 aromatic carbocycles. The maximum absolute atomic E-state index is 5.50. The van der Waals surface area contributed by atoms with E-state index in [1.807, 2.05) is 12.1 Å². The number of hydrogen-bond donors (Lipinski definition) is 1. The molecule has 0 aliphatic rings. The minimum absolute atomic E-state index is 0.227. The standard InChI is InChI=1S/C24H23N3O/c1-17(20-10-5-8-19-7-3-4-9-21(19)20)27-16-18-11-12-23(28-2)22(15-18)24-25-13-6-14-26-24/h3-15,17,27H,16H2,1-2H3/t17-/m1/s1. The van der Waals surface area contributed by atoms with Crippen LogP contribution >= 0.6 is 0 Å². The summed E-state index contributed by atoms with van der Waals surface area (Å²) in [6.07, 6.45) is 3.49.